The molecule has 1 aromatic carbocycles. The van der Waals surface area contributed by atoms with E-state index in [4.69, 9.17) is 0 Å². The molecule has 1 aliphatic rings. The number of nitrogens with one attached hydrogen (secondary N) is 2. The molecule has 0 radical (unpaired) electrons. The second-order valence-corrected chi connectivity index (χ2v) is 6.27. The van der Waals surface area contributed by atoms with Crippen LogP contribution >= 0.6 is 0 Å². The van der Waals surface area contributed by atoms with Gasteiger partial charge < -0.3 is 20.3 Å². The van der Waals surface area contributed by atoms with Gasteiger partial charge in [-0.05, 0) is 43.5 Å². The number of aromatic carboxylic acids is 1. The van der Waals surface area contributed by atoms with E-state index in [1.807, 2.05) is 25.1 Å². The number of carboxylic acid groups (broad SMARTS) is 1. The Morgan fingerprint density at radius 2 is 2.12 bits per heavy atom. The Hall–Kier alpha value is -3.09. The summed E-state index contributed by atoms with van der Waals surface area (Å²) < 4.78 is 0. The zero-order valence-corrected chi connectivity index (χ0v) is 13.9. The van der Waals surface area contributed by atoms with Gasteiger partial charge in [-0.1, -0.05) is 6.07 Å². The van der Waals surface area contributed by atoms with Crippen molar-refractivity contribution in [3.63, 3.8) is 0 Å². The zero-order chi connectivity index (χ0) is 17.4. The van der Waals surface area contributed by atoms with Crippen molar-refractivity contribution in [2.45, 2.75) is 19.8 Å². The number of fused-ring (bicyclic) bond motifs is 1. The number of benzene rings is 1. The lowest BCUT2D eigenvalue weighted by Crippen LogP contribution is -2.20. The van der Waals surface area contributed by atoms with Crippen LogP contribution < -0.4 is 10.2 Å². The number of imidazole rings is 1. The van der Waals surface area contributed by atoms with Crippen LogP contribution in [0.15, 0.2) is 30.5 Å². The highest BCUT2D eigenvalue weighted by Gasteiger charge is 2.21. The summed E-state index contributed by atoms with van der Waals surface area (Å²) in [7, 11) is 0. The van der Waals surface area contributed by atoms with E-state index in [1.54, 1.807) is 12.3 Å². The van der Waals surface area contributed by atoms with Gasteiger partial charge in [-0.25, -0.2) is 14.8 Å². The van der Waals surface area contributed by atoms with Gasteiger partial charge >= 0.3 is 5.97 Å². The average molecular weight is 337 g/mol. The monoisotopic (exact) mass is 337 g/mol. The van der Waals surface area contributed by atoms with Crippen LogP contribution in [0.4, 0.5) is 17.5 Å². The first-order valence-electron chi connectivity index (χ1n) is 8.32. The molecule has 0 unspecified atom stereocenters. The highest BCUT2D eigenvalue weighted by molar-refractivity contribution is 6.00. The lowest BCUT2D eigenvalue weighted by molar-refractivity contribution is 0.0697. The number of nitrogens with zero attached hydrogens (tertiary/aromatic N) is 3. The number of H-pyrrole nitrogens is 1. The number of rotatable bonds is 4. The van der Waals surface area contributed by atoms with Crippen molar-refractivity contribution in [3.05, 3.63) is 41.6 Å². The highest BCUT2D eigenvalue weighted by Crippen LogP contribution is 2.30. The normalized spacial score (nSPS) is 14.2. The van der Waals surface area contributed by atoms with Crippen LogP contribution in [0.5, 0.6) is 0 Å². The molecule has 1 saturated heterocycles. The smallest absolute Gasteiger partial charge is 0.337 e. The number of hydrogen-bond acceptors (Lipinski definition) is 5. The minimum Gasteiger partial charge on any atom is -0.478 e. The molecule has 0 aliphatic carbocycles. The van der Waals surface area contributed by atoms with Crippen LogP contribution in [0.1, 0.15) is 28.8 Å². The van der Waals surface area contributed by atoms with Gasteiger partial charge in [0.05, 0.1) is 22.3 Å². The number of pyridine rings is 1. The Bertz CT molecular complexity index is 944. The molecule has 0 spiro atoms. The Balaban J connectivity index is 1.75. The lowest BCUT2D eigenvalue weighted by atomic mass is 10.1. The van der Waals surface area contributed by atoms with Crippen molar-refractivity contribution >= 4 is 34.5 Å². The second-order valence-electron chi connectivity index (χ2n) is 6.27. The Morgan fingerprint density at radius 1 is 1.32 bits per heavy atom. The molecule has 25 heavy (non-hydrogen) atoms. The third-order valence-electron chi connectivity index (χ3n) is 4.52. The molecule has 7 nitrogen and oxygen atoms in total. The van der Waals surface area contributed by atoms with Crippen LogP contribution in [0.2, 0.25) is 0 Å². The van der Waals surface area contributed by atoms with E-state index in [0.717, 1.165) is 48.5 Å². The molecular weight excluding hydrogens is 318 g/mol. The third kappa shape index (κ3) is 2.88. The quantitative estimate of drug-likeness (QED) is 0.676. The van der Waals surface area contributed by atoms with Crippen molar-refractivity contribution in [1.82, 2.24) is 15.0 Å². The molecule has 7 heteroatoms. The van der Waals surface area contributed by atoms with E-state index < -0.39 is 5.97 Å². The van der Waals surface area contributed by atoms with Crippen molar-refractivity contribution in [2.24, 2.45) is 0 Å². The van der Waals surface area contributed by atoms with E-state index in [9.17, 15) is 9.90 Å². The molecule has 4 rings (SSSR count). The molecule has 1 aliphatic heterocycles. The number of carboxylic acids is 1. The van der Waals surface area contributed by atoms with Crippen LogP contribution in [0.25, 0.3) is 11.0 Å². The van der Waals surface area contributed by atoms with E-state index in [0.29, 0.717) is 17.0 Å². The Kier molecular flexibility index (Phi) is 3.76. The van der Waals surface area contributed by atoms with Crippen molar-refractivity contribution in [1.29, 1.82) is 0 Å². The number of aromatic nitrogens is 3. The number of anilines is 3. The van der Waals surface area contributed by atoms with Crippen LogP contribution in [0, 0.1) is 6.92 Å². The predicted octanol–water partition coefficient (Wildman–Crippen LogP) is 3.31. The summed E-state index contributed by atoms with van der Waals surface area (Å²) in [6.07, 6.45) is 3.89. The van der Waals surface area contributed by atoms with Gasteiger partial charge in [0.15, 0.2) is 0 Å². The topological polar surface area (TPSA) is 94.1 Å². The molecule has 3 N–H and O–H groups in total. The maximum atomic E-state index is 11.7. The molecule has 1 fully saturated rings. The van der Waals surface area contributed by atoms with Crippen molar-refractivity contribution < 1.29 is 9.90 Å². The van der Waals surface area contributed by atoms with E-state index in [1.165, 1.54) is 0 Å². The van der Waals surface area contributed by atoms with Gasteiger partial charge in [0.1, 0.15) is 5.82 Å². The van der Waals surface area contributed by atoms with Gasteiger partial charge in [0.2, 0.25) is 5.95 Å². The summed E-state index contributed by atoms with van der Waals surface area (Å²) in [5.74, 6) is 0.347. The SMILES string of the molecule is Cc1cccnc1Nc1nc2cc(N3CCCC3)c(C(=O)O)cc2[nH]1. The van der Waals surface area contributed by atoms with Gasteiger partial charge in [0.25, 0.3) is 0 Å². The summed E-state index contributed by atoms with van der Waals surface area (Å²) in [6.45, 7) is 3.73. The maximum absolute atomic E-state index is 11.7. The van der Waals surface area contributed by atoms with E-state index in [2.05, 4.69) is 25.2 Å². The molecule has 0 atom stereocenters. The third-order valence-corrected chi connectivity index (χ3v) is 4.52. The van der Waals surface area contributed by atoms with E-state index in [-0.39, 0.29) is 0 Å². The Morgan fingerprint density at radius 3 is 2.84 bits per heavy atom. The number of aromatic amines is 1. The second kappa shape index (κ2) is 6.08. The summed E-state index contributed by atoms with van der Waals surface area (Å²) >= 11 is 0. The van der Waals surface area contributed by atoms with Gasteiger partial charge in [0, 0.05) is 19.3 Å². The fraction of sp³-hybridized carbons (Fsp3) is 0.278. The fourth-order valence-electron chi connectivity index (χ4n) is 3.22. The molecule has 0 bridgehead atoms. The first-order chi connectivity index (χ1) is 12.1. The molecule has 2 aromatic heterocycles. The molecular formula is C18H19N5O2. The minimum absolute atomic E-state index is 0.304. The lowest BCUT2D eigenvalue weighted by Gasteiger charge is -2.19. The van der Waals surface area contributed by atoms with Gasteiger partial charge in [-0.3, -0.25) is 0 Å². The average Bonchev–Trinajstić information content (AvgIpc) is 3.24. The van der Waals surface area contributed by atoms with Crippen LogP contribution in [-0.4, -0.2) is 39.1 Å². The molecule has 0 saturated carbocycles. The summed E-state index contributed by atoms with van der Waals surface area (Å²) in [4.78, 5) is 25.8. The summed E-state index contributed by atoms with van der Waals surface area (Å²) in [5.41, 5.74) is 3.48. The maximum Gasteiger partial charge on any atom is 0.337 e. The first kappa shape index (κ1) is 15.4. The summed E-state index contributed by atoms with van der Waals surface area (Å²) in [6, 6.07) is 7.36. The number of carbonyl (C=O) groups is 1. The number of aryl methyl sites for hydroxylation is 1. The number of hydrogen-bond donors (Lipinski definition) is 3. The molecule has 3 heterocycles. The van der Waals surface area contributed by atoms with E-state index >= 15 is 0 Å². The molecule has 128 valence electrons. The minimum atomic E-state index is -0.923. The zero-order valence-electron chi connectivity index (χ0n) is 13.9. The standard InChI is InChI=1S/C18H19N5O2/c1-11-5-4-6-19-16(11)22-18-20-13-9-12(17(24)25)15(10-14(13)21-18)23-7-2-3-8-23/h4-6,9-10H,2-3,7-8H2,1H3,(H,24,25)(H2,19,20,21,22). The Labute approximate surface area is 144 Å². The van der Waals surface area contributed by atoms with Crippen molar-refractivity contribution in [2.75, 3.05) is 23.3 Å². The van der Waals surface area contributed by atoms with Crippen molar-refractivity contribution in [3.8, 4) is 0 Å². The fourth-order valence-corrected chi connectivity index (χ4v) is 3.22. The van der Waals surface area contributed by atoms with Crippen LogP contribution in [-0.2, 0) is 0 Å². The van der Waals surface area contributed by atoms with Crippen LogP contribution in [0.3, 0.4) is 0 Å². The molecule has 0 amide bonds. The first-order valence-corrected chi connectivity index (χ1v) is 8.32. The largest absolute Gasteiger partial charge is 0.478 e. The summed E-state index contributed by atoms with van der Waals surface area (Å²) in [5, 5.41) is 12.7. The van der Waals surface area contributed by atoms with Gasteiger partial charge in [-0.2, -0.15) is 0 Å². The predicted molar refractivity (Wildman–Crippen MR) is 96.8 cm³/mol. The highest BCUT2D eigenvalue weighted by atomic mass is 16.4. The molecule has 3 aromatic rings. The van der Waals surface area contributed by atoms with Gasteiger partial charge in [-0.15, -0.1) is 0 Å².